The number of aliphatic imine (C=N–C) groups is 1. The summed E-state index contributed by atoms with van der Waals surface area (Å²) in [6.45, 7) is 0.237. The number of hydrogen-bond acceptors (Lipinski definition) is 8. The molecule has 3 aliphatic rings. The molecule has 1 amide bonds. The number of rotatable bonds is 11. The average Bonchev–Trinajstić information content (AvgIpc) is 3.68. The predicted octanol–water partition coefficient (Wildman–Crippen LogP) is 3.12. The molecule has 0 radical (unpaired) electrons. The van der Waals surface area contributed by atoms with Gasteiger partial charge in [-0.25, -0.2) is 4.79 Å². The Morgan fingerprint density at radius 3 is 2.06 bits per heavy atom. The van der Waals surface area contributed by atoms with Gasteiger partial charge in [0.25, 0.3) is 5.91 Å². The molecule has 5 aromatic rings. The molecule has 0 saturated carbocycles. The van der Waals surface area contributed by atoms with E-state index in [1.165, 1.54) is 15.9 Å². The highest BCUT2D eigenvalue weighted by atomic mass is 127. The minimum atomic E-state index is -2.38. The van der Waals surface area contributed by atoms with E-state index in [9.17, 15) is 9.59 Å². The van der Waals surface area contributed by atoms with Gasteiger partial charge in [-0.2, -0.15) is 0 Å². The van der Waals surface area contributed by atoms with Gasteiger partial charge in [-0.3, -0.25) is 14.7 Å². The summed E-state index contributed by atoms with van der Waals surface area (Å²) in [5.74, 6) is 1.84. The molecule has 0 spiro atoms. The summed E-state index contributed by atoms with van der Waals surface area (Å²) in [5.41, 5.74) is 2.83. The molecule has 11 heteroatoms. The first-order valence-electron chi connectivity index (χ1n) is 17.0. The molecule has 3 aliphatic heterocycles. The second-order valence-corrected chi connectivity index (χ2v) is 17.2. The van der Waals surface area contributed by atoms with Gasteiger partial charge in [0.15, 0.2) is 17.5 Å². The SMILES string of the molecule is COc1ccc(COC(=O)C2=C(C[P+](c3ccccc3)(c3ccccc3)c3ccccc3)CS[C@H]3[C@H](N=Cc4ccc5c(c4)OCO5)C(=O)N23)cc1.[I-]. The van der Waals surface area contributed by atoms with Crippen LogP contribution in [0.2, 0.25) is 0 Å². The number of esters is 1. The largest absolute Gasteiger partial charge is 1.00 e. The van der Waals surface area contributed by atoms with Crippen LogP contribution in [0.25, 0.3) is 0 Å². The topological polar surface area (TPSA) is 86.7 Å². The van der Waals surface area contributed by atoms with E-state index in [2.05, 4.69) is 72.8 Å². The lowest BCUT2D eigenvalue weighted by Crippen LogP contribution is -3.00. The molecule has 3 heterocycles. The zero-order valence-corrected chi connectivity index (χ0v) is 32.7. The zero-order chi connectivity index (χ0) is 35.5. The Balaban J connectivity index is 0.00000435. The third-order valence-corrected chi connectivity index (χ3v) is 15.3. The number of ether oxygens (including phenoxy) is 4. The van der Waals surface area contributed by atoms with Crippen LogP contribution in [0.5, 0.6) is 17.2 Å². The number of fused-ring (bicyclic) bond motifs is 2. The van der Waals surface area contributed by atoms with Crippen molar-refractivity contribution < 1.29 is 52.5 Å². The summed E-state index contributed by atoms with van der Waals surface area (Å²) in [5, 5.41) is 3.24. The fourth-order valence-electron chi connectivity index (χ4n) is 6.93. The summed E-state index contributed by atoms with van der Waals surface area (Å²) in [6.07, 6.45) is 2.26. The highest BCUT2D eigenvalue weighted by Gasteiger charge is 2.56. The molecule has 1 fully saturated rings. The van der Waals surface area contributed by atoms with Gasteiger partial charge in [0, 0.05) is 17.5 Å². The molecule has 1 saturated heterocycles. The number of nitrogens with zero attached hydrogens (tertiary/aromatic N) is 2. The average molecular weight is 855 g/mol. The minimum Gasteiger partial charge on any atom is -1.00 e. The van der Waals surface area contributed by atoms with E-state index in [4.69, 9.17) is 23.9 Å². The van der Waals surface area contributed by atoms with Crippen molar-refractivity contribution in [3.63, 3.8) is 0 Å². The van der Waals surface area contributed by atoms with E-state index in [0.29, 0.717) is 34.9 Å². The van der Waals surface area contributed by atoms with E-state index < -0.39 is 19.3 Å². The number of thioether (sulfide) groups is 1. The van der Waals surface area contributed by atoms with Crippen molar-refractivity contribution in [1.82, 2.24) is 4.90 Å². The predicted molar refractivity (Wildman–Crippen MR) is 207 cm³/mol. The highest BCUT2D eigenvalue weighted by molar-refractivity contribution is 8.00. The van der Waals surface area contributed by atoms with E-state index in [0.717, 1.165) is 16.7 Å². The van der Waals surface area contributed by atoms with Crippen molar-refractivity contribution in [2.45, 2.75) is 18.0 Å². The molecule has 5 aromatic carbocycles. The fourth-order valence-corrected chi connectivity index (χ4v) is 12.7. The number of carbonyl (C=O) groups excluding carboxylic acids is 2. The normalized spacial score (nSPS) is 17.5. The van der Waals surface area contributed by atoms with Gasteiger partial charge >= 0.3 is 5.97 Å². The van der Waals surface area contributed by atoms with Crippen LogP contribution in [0.4, 0.5) is 0 Å². The molecule has 0 aromatic heterocycles. The van der Waals surface area contributed by atoms with Crippen LogP contribution in [0.1, 0.15) is 11.1 Å². The first kappa shape index (κ1) is 36.7. The van der Waals surface area contributed by atoms with Crippen molar-refractivity contribution in [2.75, 3.05) is 25.8 Å². The van der Waals surface area contributed by atoms with Crippen LogP contribution >= 0.6 is 19.0 Å². The maximum atomic E-state index is 14.4. The van der Waals surface area contributed by atoms with Crippen molar-refractivity contribution in [1.29, 1.82) is 0 Å². The van der Waals surface area contributed by atoms with E-state index >= 15 is 0 Å². The molecule has 0 aliphatic carbocycles. The number of methoxy groups -OCH3 is 1. The zero-order valence-electron chi connectivity index (χ0n) is 28.8. The lowest BCUT2D eigenvalue weighted by molar-refractivity contribution is -0.151. The van der Waals surface area contributed by atoms with E-state index in [1.807, 2.05) is 60.7 Å². The summed E-state index contributed by atoms with van der Waals surface area (Å²) < 4.78 is 22.3. The monoisotopic (exact) mass is 854 g/mol. The number of halogens is 1. The lowest BCUT2D eigenvalue weighted by atomic mass is 10.0. The molecular weight excluding hydrogens is 818 g/mol. The highest BCUT2D eigenvalue weighted by Crippen LogP contribution is 2.58. The van der Waals surface area contributed by atoms with Gasteiger partial charge in [-0.1, -0.05) is 66.7 Å². The lowest BCUT2D eigenvalue weighted by Gasteiger charge is -2.48. The summed E-state index contributed by atoms with van der Waals surface area (Å²) >= 11 is 1.64. The molecule has 8 nitrogen and oxygen atoms in total. The van der Waals surface area contributed by atoms with Crippen molar-refractivity contribution in [3.05, 3.63) is 156 Å². The van der Waals surface area contributed by atoms with Crippen LogP contribution < -0.4 is 54.1 Å². The molecule has 0 N–H and O–H groups in total. The molecule has 0 unspecified atom stereocenters. The van der Waals surface area contributed by atoms with E-state index in [-0.39, 0.29) is 48.7 Å². The van der Waals surface area contributed by atoms with Gasteiger partial charge in [-0.15, -0.1) is 11.8 Å². The van der Waals surface area contributed by atoms with E-state index in [1.54, 1.807) is 30.0 Å². The molecule has 8 rings (SSSR count). The number of amides is 1. The van der Waals surface area contributed by atoms with Gasteiger partial charge in [0.2, 0.25) is 6.79 Å². The molecular formula is C42H36IN2O6PS. The molecule has 268 valence electrons. The third-order valence-electron chi connectivity index (χ3n) is 9.54. The Hall–Kier alpha value is -4.64. The number of hydrogen-bond donors (Lipinski definition) is 0. The summed E-state index contributed by atoms with van der Waals surface area (Å²) in [4.78, 5) is 34.8. The van der Waals surface area contributed by atoms with Gasteiger partial charge < -0.3 is 42.9 Å². The number of benzene rings is 5. The van der Waals surface area contributed by atoms with Gasteiger partial charge in [0.05, 0.1) is 13.3 Å². The summed E-state index contributed by atoms with van der Waals surface area (Å²) in [6, 6.07) is 43.9. The number of β-lactam (4-membered cyclic amide) rings is 1. The van der Waals surface area contributed by atoms with Crippen LogP contribution in [0.3, 0.4) is 0 Å². The Labute approximate surface area is 330 Å². The first-order chi connectivity index (χ1) is 25.5. The second-order valence-electron chi connectivity index (χ2n) is 12.6. The van der Waals surface area contributed by atoms with Gasteiger partial charge in [-0.05, 0) is 77.9 Å². The van der Waals surface area contributed by atoms with Crippen molar-refractivity contribution in [2.24, 2.45) is 4.99 Å². The quantitative estimate of drug-likeness (QED) is 0.0665. The summed E-state index contributed by atoms with van der Waals surface area (Å²) in [7, 11) is -0.773. The van der Waals surface area contributed by atoms with Crippen LogP contribution in [-0.2, 0) is 20.9 Å². The number of carbonyl (C=O) groups is 2. The Morgan fingerprint density at radius 2 is 1.45 bits per heavy atom. The molecule has 2 atom stereocenters. The van der Waals surface area contributed by atoms with Crippen LogP contribution in [0.15, 0.2) is 150 Å². The van der Waals surface area contributed by atoms with Gasteiger partial charge in [0.1, 0.15) is 46.6 Å². The Bertz CT molecular complexity index is 2060. The van der Waals surface area contributed by atoms with Crippen molar-refractivity contribution in [3.8, 4) is 17.2 Å². The fraction of sp³-hybridized carbons (Fsp3) is 0.167. The maximum absolute atomic E-state index is 14.4. The standard InChI is InChI=1S/C42H36N2O6PS.HI/c1-47-32-20-17-29(18-21-32)25-48-42(46)39-31(27-52-41-38(40(45)44(39)41)43-24-30-19-22-36-37(23-30)50-28-49-36)26-51(33-11-5-2-6-12-33,34-13-7-3-8-14-34)35-15-9-4-10-16-35;/h2-24,38,41H,25-28H2,1H3;1H/q+1;/p-1/t38-,41+;/m1./s1. The smallest absolute Gasteiger partial charge is 0.355 e. The molecule has 53 heavy (non-hydrogen) atoms. The minimum absolute atomic E-state index is 0. The Morgan fingerprint density at radius 1 is 0.849 bits per heavy atom. The first-order valence-corrected chi connectivity index (χ1v) is 20.0. The van der Waals surface area contributed by atoms with Crippen LogP contribution in [0, 0.1) is 0 Å². The molecule has 0 bridgehead atoms. The third kappa shape index (κ3) is 7.20. The maximum Gasteiger partial charge on any atom is 0.355 e. The van der Waals surface area contributed by atoms with Crippen LogP contribution in [-0.4, -0.2) is 60.2 Å². The Kier molecular flexibility index (Phi) is 11.2. The second kappa shape index (κ2) is 16.2. The van der Waals surface area contributed by atoms with Crippen molar-refractivity contribution >= 4 is 53.0 Å².